The van der Waals surface area contributed by atoms with Crippen LogP contribution in [0.25, 0.3) is 11.0 Å². The molecule has 3 aromatic heterocycles. The fourth-order valence-corrected chi connectivity index (χ4v) is 2.60. The van der Waals surface area contributed by atoms with Gasteiger partial charge in [-0.3, -0.25) is 4.68 Å². The Labute approximate surface area is 140 Å². The number of fused-ring (bicyclic) bond motifs is 1. The van der Waals surface area contributed by atoms with Crippen LogP contribution in [0.15, 0.2) is 12.5 Å². The molecule has 3 rings (SSSR count). The Morgan fingerprint density at radius 3 is 2.75 bits per heavy atom. The third-order valence-corrected chi connectivity index (χ3v) is 3.81. The molecule has 0 saturated heterocycles. The number of nitrogens with zero attached hydrogens (tertiary/aromatic N) is 7. The smallest absolute Gasteiger partial charge is 0.163 e. The van der Waals surface area contributed by atoms with Crippen molar-refractivity contribution >= 4 is 16.9 Å². The van der Waals surface area contributed by atoms with Crippen LogP contribution in [0.2, 0.25) is 0 Å². The number of ether oxygens (including phenoxy) is 1. The summed E-state index contributed by atoms with van der Waals surface area (Å²) >= 11 is 0. The van der Waals surface area contributed by atoms with Gasteiger partial charge in [-0.2, -0.15) is 5.10 Å². The predicted molar refractivity (Wildman–Crippen MR) is 89.5 cm³/mol. The average molecular weight is 330 g/mol. The third kappa shape index (κ3) is 2.94. The van der Waals surface area contributed by atoms with E-state index in [9.17, 15) is 0 Å². The van der Waals surface area contributed by atoms with E-state index >= 15 is 0 Å². The lowest BCUT2D eigenvalue weighted by molar-refractivity contribution is 0.178. The van der Waals surface area contributed by atoms with Gasteiger partial charge in [-0.1, -0.05) is 0 Å². The second kappa shape index (κ2) is 6.52. The average Bonchev–Trinajstić information content (AvgIpc) is 3.15. The van der Waals surface area contributed by atoms with Crippen LogP contribution in [0.4, 0.5) is 5.82 Å². The number of aromatic nitrogens is 7. The van der Waals surface area contributed by atoms with Gasteiger partial charge in [0.05, 0.1) is 17.6 Å². The first-order valence-corrected chi connectivity index (χ1v) is 7.84. The summed E-state index contributed by atoms with van der Waals surface area (Å²) in [6.07, 6.45) is 3.50. The maximum absolute atomic E-state index is 5.17. The van der Waals surface area contributed by atoms with Gasteiger partial charge in [0.25, 0.3) is 0 Å². The Hall–Kier alpha value is -2.55. The first-order valence-electron chi connectivity index (χ1n) is 7.84. The molecule has 3 heterocycles. The van der Waals surface area contributed by atoms with E-state index in [1.54, 1.807) is 24.3 Å². The van der Waals surface area contributed by atoms with Gasteiger partial charge in [0.15, 0.2) is 17.3 Å². The van der Waals surface area contributed by atoms with Crippen molar-refractivity contribution in [3.63, 3.8) is 0 Å². The lowest BCUT2D eigenvalue weighted by Gasteiger charge is -2.18. The van der Waals surface area contributed by atoms with E-state index < -0.39 is 0 Å². The molecule has 0 saturated carbocycles. The monoisotopic (exact) mass is 330 g/mol. The van der Waals surface area contributed by atoms with Crippen LogP contribution in [0.1, 0.15) is 44.5 Å². The van der Waals surface area contributed by atoms with Crippen LogP contribution in [0.5, 0.6) is 0 Å². The minimum atomic E-state index is -0.0661. The molecule has 0 aliphatic rings. The summed E-state index contributed by atoms with van der Waals surface area (Å²) in [5, 5.41) is 16.8. The number of methoxy groups -OCH3 is 1. The van der Waals surface area contributed by atoms with Gasteiger partial charge in [0.2, 0.25) is 0 Å². The molecule has 0 spiro atoms. The van der Waals surface area contributed by atoms with Gasteiger partial charge in [-0.25, -0.2) is 9.97 Å². The molecule has 1 atom stereocenters. The number of hydrogen-bond donors (Lipinski definition) is 1. The largest absolute Gasteiger partial charge is 0.377 e. The normalized spacial score (nSPS) is 12.9. The highest BCUT2D eigenvalue weighted by atomic mass is 16.5. The maximum atomic E-state index is 5.17. The van der Waals surface area contributed by atoms with Gasteiger partial charge >= 0.3 is 0 Å². The van der Waals surface area contributed by atoms with Crippen molar-refractivity contribution in [1.29, 1.82) is 0 Å². The number of hydrogen-bond acceptors (Lipinski definition) is 7. The van der Waals surface area contributed by atoms with Crippen molar-refractivity contribution in [1.82, 2.24) is 34.5 Å². The molecular formula is C15H22N8O. The number of aryl methyl sites for hydroxylation is 1. The molecule has 1 N–H and O–H groups in total. The first kappa shape index (κ1) is 16.3. The molecule has 3 aromatic rings. The van der Waals surface area contributed by atoms with Crippen LogP contribution >= 0.6 is 0 Å². The van der Waals surface area contributed by atoms with Crippen molar-refractivity contribution in [2.45, 2.75) is 39.5 Å². The van der Waals surface area contributed by atoms with Crippen molar-refractivity contribution in [2.75, 3.05) is 12.4 Å². The van der Waals surface area contributed by atoms with E-state index in [4.69, 9.17) is 4.74 Å². The van der Waals surface area contributed by atoms with E-state index in [-0.39, 0.29) is 12.1 Å². The minimum absolute atomic E-state index is 0.0661. The lowest BCUT2D eigenvalue weighted by Crippen LogP contribution is -2.16. The van der Waals surface area contributed by atoms with E-state index in [1.165, 1.54) is 0 Å². The van der Waals surface area contributed by atoms with Crippen molar-refractivity contribution in [2.24, 2.45) is 7.05 Å². The Balaban J connectivity index is 1.98. The minimum Gasteiger partial charge on any atom is -0.377 e. The molecular weight excluding hydrogens is 308 g/mol. The summed E-state index contributed by atoms with van der Waals surface area (Å²) in [5.74, 6) is 2.17. The van der Waals surface area contributed by atoms with Crippen LogP contribution < -0.4 is 5.32 Å². The van der Waals surface area contributed by atoms with Gasteiger partial charge < -0.3 is 14.6 Å². The molecule has 0 bridgehead atoms. The summed E-state index contributed by atoms with van der Waals surface area (Å²) in [6.45, 7) is 6.57. The zero-order valence-electron chi connectivity index (χ0n) is 14.6. The van der Waals surface area contributed by atoms with Gasteiger partial charge in [-0.15, -0.1) is 10.2 Å². The topological polar surface area (TPSA) is 95.6 Å². The number of nitrogens with one attached hydrogen (secondary N) is 1. The third-order valence-electron chi connectivity index (χ3n) is 3.81. The molecule has 128 valence electrons. The van der Waals surface area contributed by atoms with Gasteiger partial charge in [-0.05, 0) is 20.8 Å². The Morgan fingerprint density at radius 2 is 2.04 bits per heavy atom. The molecule has 0 fully saturated rings. The van der Waals surface area contributed by atoms with Crippen molar-refractivity contribution in [3.05, 3.63) is 24.2 Å². The van der Waals surface area contributed by atoms with Crippen LogP contribution in [-0.2, 0) is 18.4 Å². The summed E-state index contributed by atoms with van der Waals surface area (Å²) in [4.78, 5) is 9.06. The second-order valence-corrected chi connectivity index (χ2v) is 5.98. The van der Waals surface area contributed by atoms with E-state index in [0.29, 0.717) is 18.2 Å². The van der Waals surface area contributed by atoms with Crippen molar-refractivity contribution in [3.8, 4) is 0 Å². The Bertz CT molecular complexity index is 837. The van der Waals surface area contributed by atoms with Crippen LogP contribution in [0, 0.1) is 0 Å². The highest BCUT2D eigenvalue weighted by molar-refractivity contribution is 5.86. The summed E-state index contributed by atoms with van der Waals surface area (Å²) in [5.41, 5.74) is 0.761. The Morgan fingerprint density at radius 1 is 1.25 bits per heavy atom. The van der Waals surface area contributed by atoms with E-state index in [0.717, 1.165) is 16.9 Å². The lowest BCUT2D eigenvalue weighted by atomic mass is 10.2. The molecule has 0 aliphatic heterocycles. The quantitative estimate of drug-likeness (QED) is 0.737. The fraction of sp³-hybridized carbons (Fsp3) is 0.533. The summed E-state index contributed by atoms with van der Waals surface area (Å²) < 4.78 is 8.93. The van der Waals surface area contributed by atoms with Gasteiger partial charge in [0, 0.05) is 20.2 Å². The standard InChI is InChI=1S/C15H22N8O/c1-9(2)23-8-16-21-14(23)10(3)18-13-11-6-17-22(4)15(11)20-12(19-13)7-24-5/h6,8-10H,7H2,1-5H3,(H,18,19,20)/t10-/m0/s1. The Kier molecular flexibility index (Phi) is 4.43. The predicted octanol–water partition coefficient (Wildman–Crippen LogP) is 1.86. The SMILES string of the molecule is COCc1nc(N[C@@H](C)c2nncn2C(C)C)c2cnn(C)c2n1. The maximum Gasteiger partial charge on any atom is 0.163 e. The summed E-state index contributed by atoms with van der Waals surface area (Å²) in [7, 11) is 3.48. The molecule has 0 amide bonds. The number of rotatable bonds is 6. The fourth-order valence-electron chi connectivity index (χ4n) is 2.60. The summed E-state index contributed by atoms with van der Waals surface area (Å²) in [6, 6.07) is 0.218. The molecule has 0 aromatic carbocycles. The zero-order chi connectivity index (χ0) is 17.3. The highest BCUT2D eigenvalue weighted by Gasteiger charge is 2.18. The van der Waals surface area contributed by atoms with Crippen LogP contribution in [0.3, 0.4) is 0 Å². The highest BCUT2D eigenvalue weighted by Crippen LogP contribution is 2.24. The number of anilines is 1. The molecule has 9 heteroatoms. The van der Waals surface area contributed by atoms with Crippen molar-refractivity contribution < 1.29 is 4.74 Å². The van der Waals surface area contributed by atoms with Gasteiger partial charge in [0.1, 0.15) is 18.8 Å². The second-order valence-electron chi connectivity index (χ2n) is 5.98. The molecule has 9 nitrogen and oxygen atoms in total. The zero-order valence-corrected chi connectivity index (χ0v) is 14.6. The van der Waals surface area contributed by atoms with E-state index in [1.807, 2.05) is 18.5 Å². The van der Waals surface area contributed by atoms with E-state index in [2.05, 4.69) is 44.4 Å². The van der Waals surface area contributed by atoms with Crippen LogP contribution in [-0.4, -0.2) is 41.6 Å². The molecule has 0 unspecified atom stereocenters. The molecule has 0 radical (unpaired) electrons. The molecule has 24 heavy (non-hydrogen) atoms. The first-order chi connectivity index (χ1) is 11.5. The molecule has 0 aliphatic carbocycles.